The van der Waals surface area contributed by atoms with Crippen LogP contribution >= 0.6 is 11.3 Å². The number of thiazole rings is 1. The molecule has 234 valence electrons. The molecule has 0 bridgehead atoms. The minimum atomic E-state index is -5.72. The van der Waals surface area contributed by atoms with Gasteiger partial charge in [-0.3, -0.25) is 9.59 Å². The SMILES string of the molecule is CCOC(=O)C(C)(C)Cc1csc([C@]2(C)C(=O)Nc3nc(-c4nn(CCC(F)(F)C(F)(F)F)c5ncccc45)nc(N)c32)n1. The first-order valence-electron chi connectivity index (χ1n) is 13.4. The van der Waals surface area contributed by atoms with Crippen molar-refractivity contribution in [3.05, 3.63) is 40.0 Å². The third-order valence-corrected chi connectivity index (χ3v) is 8.44. The van der Waals surface area contributed by atoms with Crippen molar-refractivity contribution in [3.63, 3.8) is 0 Å². The maximum atomic E-state index is 13.7. The summed E-state index contributed by atoms with van der Waals surface area (Å²) in [5, 5.41) is 9.30. The highest BCUT2D eigenvalue weighted by atomic mass is 32.1. The molecule has 0 saturated heterocycles. The summed E-state index contributed by atoms with van der Waals surface area (Å²) in [7, 11) is 0. The number of rotatable bonds is 9. The lowest BCUT2D eigenvalue weighted by Crippen LogP contribution is -2.37. The first kappa shape index (κ1) is 31.2. The molecular weight excluding hydrogens is 611 g/mol. The fourth-order valence-corrected chi connectivity index (χ4v) is 5.89. The van der Waals surface area contributed by atoms with Crippen molar-refractivity contribution < 1.29 is 36.3 Å². The van der Waals surface area contributed by atoms with Crippen molar-refractivity contribution in [1.82, 2.24) is 29.7 Å². The van der Waals surface area contributed by atoms with Crippen LogP contribution in [0.5, 0.6) is 0 Å². The summed E-state index contributed by atoms with van der Waals surface area (Å²) < 4.78 is 71.7. The summed E-state index contributed by atoms with van der Waals surface area (Å²) in [4.78, 5) is 43.3. The minimum absolute atomic E-state index is 0.0264. The topological polar surface area (TPSA) is 151 Å². The third kappa shape index (κ3) is 5.22. The van der Waals surface area contributed by atoms with Crippen molar-refractivity contribution in [2.24, 2.45) is 5.41 Å². The van der Waals surface area contributed by atoms with E-state index < -0.39 is 41.8 Å². The zero-order valence-corrected chi connectivity index (χ0v) is 24.7. The Bertz CT molecular complexity index is 1770. The van der Waals surface area contributed by atoms with Crippen LogP contribution in [0, 0.1) is 5.41 Å². The second-order valence-corrected chi connectivity index (χ2v) is 11.9. The van der Waals surface area contributed by atoms with Crippen LogP contribution in [0.3, 0.4) is 0 Å². The molecule has 1 amide bonds. The van der Waals surface area contributed by atoms with E-state index in [2.05, 4.69) is 30.4 Å². The van der Waals surface area contributed by atoms with Gasteiger partial charge in [-0.15, -0.1) is 11.3 Å². The number of alkyl halides is 5. The molecule has 4 aromatic heterocycles. The van der Waals surface area contributed by atoms with Gasteiger partial charge in [0.2, 0.25) is 5.91 Å². The molecule has 11 nitrogen and oxygen atoms in total. The second-order valence-electron chi connectivity index (χ2n) is 11.1. The van der Waals surface area contributed by atoms with Gasteiger partial charge >= 0.3 is 18.1 Å². The van der Waals surface area contributed by atoms with E-state index in [1.807, 2.05) is 0 Å². The molecule has 5 heterocycles. The number of nitrogens with one attached hydrogen (secondary N) is 1. The minimum Gasteiger partial charge on any atom is -0.466 e. The van der Waals surface area contributed by atoms with Crippen molar-refractivity contribution in [2.75, 3.05) is 17.7 Å². The van der Waals surface area contributed by atoms with Crippen LogP contribution < -0.4 is 11.1 Å². The smallest absolute Gasteiger partial charge is 0.453 e. The maximum Gasteiger partial charge on any atom is 0.453 e. The predicted molar refractivity (Wildman–Crippen MR) is 150 cm³/mol. The van der Waals surface area contributed by atoms with Crippen LogP contribution in [0.2, 0.25) is 0 Å². The number of anilines is 2. The fraction of sp³-hybridized carbons (Fsp3) is 0.444. The van der Waals surface area contributed by atoms with E-state index in [0.29, 0.717) is 10.7 Å². The molecule has 0 fully saturated rings. The number of halogens is 5. The van der Waals surface area contributed by atoms with E-state index in [1.54, 1.807) is 33.1 Å². The number of nitrogens with two attached hydrogens (primary N) is 1. The van der Waals surface area contributed by atoms with E-state index >= 15 is 0 Å². The highest BCUT2D eigenvalue weighted by molar-refractivity contribution is 7.10. The summed E-state index contributed by atoms with van der Waals surface area (Å²) in [5.41, 5.74) is 5.02. The molecule has 1 aliphatic rings. The van der Waals surface area contributed by atoms with Gasteiger partial charge in [0.25, 0.3) is 0 Å². The fourth-order valence-electron chi connectivity index (χ4n) is 4.91. The Morgan fingerprint density at radius 1 is 1.18 bits per heavy atom. The van der Waals surface area contributed by atoms with Gasteiger partial charge in [-0.2, -0.15) is 27.1 Å². The summed E-state index contributed by atoms with van der Waals surface area (Å²) in [5.74, 6) is -5.92. The van der Waals surface area contributed by atoms with Crippen molar-refractivity contribution in [3.8, 4) is 11.5 Å². The van der Waals surface area contributed by atoms with Crippen molar-refractivity contribution >= 4 is 45.9 Å². The molecule has 3 N–H and O–H groups in total. The van der Waals surface area contributed by atoms with Gasteiger partial charge < -0.3 is 15.8 Å². The molecule has 0 radical (unpaired) electrons. The Morgan fingerprint density at radius 3 is 2.59 bits per heavy atom. The van der Waals surface area contributed by atoms with Gasteiger partial charge in [-0.25, -0.2) is 24.6 Å². The van der Waals surface area contributed by atoms with E-state index in [9.17, 15) is 31.5 Å². The first-order chi connectivity index (χ1) is 20.5. The van der Waals surface area contributed by atoms with E-state index in [4.69, 9.17) is 10.5 Å². The van der Waals surface area contributed by atoms with Gasteiger partial charge in [-0.1, -0.05) is 0 Å². The number of nitrogen functional groups attached to an aromatic ring is 1. The number of fused-ring (bicyclic) bond motifs is 2. The normalized spacial score (nSPS) is 17.2. The Balaban J connectivity index is 1.50. The van der Waals surface area contributed by atoms with E-state index in [-0.39, 0.29) is 58.7 Å². The third-order valence-electron chi connectivity index (χ3n) is 7.32. The largest absolute Gasteiger partial charge is 0.466 e. The molecule has 0 spiro atoms. The number of hydrogen-bond acceptors (Lipinski definition) is 10. The highest BCUT2D eigenvalue weighted by Gasteiger charge is 2.57. The first-order valence-corrected chi connectivity index (χ1v) is 14.3. The Hall–Kier alpha value is -4.28. The number of carbonyl (C=O) groups excluding carboxylic acids is 2. The van der Waals surface area contributed by atoms with Crippen LogP contribution in [0.25, 0.3) is 22.6 Å². The summed E-state index contributed by atoms with van der Waals surface area (Å²) >= 11 is 1.20. The lowest BCUT2D eigenvalue weighted by Gasteiger charge is -2.22. The molecular formula is C27H27F5N8O3S. The zero-order valence-electron chi connectivity index (χ0n) is 23.9. The van der Waals surface area contributed by atoms with Crippen LogP contribution in [0.15, 0.2) is 23.7 Å². The summed E-state index contributed by atoms with van der Waals surface area (Å²) in [6.45, 7) is 6.24. The lowest BCUT2D eigenvalue weighted by molar-refractivity contribution is -0.285. The van der Waals surface area contributed by atoms with Crippen molar-refractivity contribution in [1.29, 1.82) is 0 Å². The number of amides is 1. The van der Waals surface area contributed by atoms with E-state index in [1.165, 1.54) is 29.7 Å². The second kappa shape index (κ2) is 10.7. The molecule has 1 aliphatic heterocycles. The van der Waals surface area contributed by atoms with Gasteiger partial charge in [0.05, 0.1) is 28.7 Å². The van der Waals surface area contributed by atoms with Gasteiger partial charge in [0, 0.05) is 31.0 Å². The van der Waals surface area contributed by atoms with Crippen LogP contribution in [0.1, 0.15) is 50.4 Å². The number of ether oxygens (including phenoxy) is 1. The standard InChI is InChI=1S/C27H27F5N8O3S/c1-5-43-23(42)24(2,3)11-13-12-44-22(35-13)25(4)15-17(33)36-19(37-18(15)38-21(25)41)16-14-7-6-9-34-20(14)40(39-16)10-8-26(28,29)27(30,31)32/h6-7,9,12H,5,8,10-11H2,1-4H3,(H3,33,36,37,38,41)/t25-/m0/s1. The Kier molecular flexibility index (Phi) is 7.58. The summed E-state index contributed by atoms with van der Waals surface area (Å²) in [6.07, 6.45) is -5.68. The van der Waals surface area contributed by atoms with Crippen LogP contribution in [0.4, 0.5) is 33.6 Å². The van der Waals surface area contributed by atoms with E-state index in [0.717, 1.165) is 4.68 Å². The Morgan fingerprint density at radius 2 is 1.91 bits per heavy atom. The average molecular weight is 639 g/mol. The summed E-state index contributed by atoms with van der Waals surface area (Å²) in [6, 6.07) is 3.06. The molecule has 0 aliphatic carbocycles. The molecule has 0 aromatic carbocycles. The quantitative estimate of drug-likeness (QED) is 0.193. The number of esters is 1. The molecule has 44 heavy (non-hydrogen) atoms. The molecule has 17 heteroatoms. The monoisotopic (exact) mass is 638 g/mol. The van der Waals surface area contributed by atoms with Gasteiger partial charge in [0.1, 0.15) is 27.8 Å². The molecule has 1 atom stereocenters. The number of aromatic nitrogens is 6. The van der Waals surface area contributed by atoms with Crippen molar-refractivity contribution in [2.45, 2.75) is 64.6 Å². The Labute approximate surface area is 251 Å². The van der Waals surface area contributed by atoms with Crippen LogP contribution in [-0.2, 0) is 32.7 Å². The molecule has 0 saturated carbocycles. The van der Waals surface area contributed by atoms with Gasteiger partial charge in [-0.05, 0) is 39.8 Å². The van der Waals surface area contributed by atoms with Crippen LogP contribution in [-0.4, -0.2) is 60.3 Å². The number of aryl methyl sites for hydroxylation is 1. The average Bonchev–Trinajstić information content (AvgIpc) is 3.62. The van der Waals surface area contributed by atoms with Gasteiger partial charge in [0.15, 0.2) is 11.5 Å². The lowest BCUT2D eigenvalue weighted by atomic mass is 9.85. The number of pyridine rings is 1. The molecule has 4 aromatic rings. The molecule has 0 unspecified atom stereocenters. The highest BCUT2D eigenvalue weighted by Crippen LogP contribution is 2.46. The zero-order chi connectivity index (χ0) is 32.2. The molecule has 5 rings (SSSR count). The number of carbonyl (C=O) groups is 2. The number of hydrogen-bond donors (Lipinski definition) is 2. The number of nitrogens with zero attached hydrogens (tertiary/aromatic N) is 6. The maximum absolute atomic E-state index is 13.7. The predicted octanol–water partition coefficient (Wildman–Crippen LogP) is 4.90.